The van der Waals surface area contributed by atoms with Gasteiger partial charge in [-0.25, -0.2) is 8.42 Å². The molecule has 0 radical (unpaired) electrons. The number of carboxylic acids is 1. The lowest BCUT2D eigenvalue weighted by molar-refractivity contribution is -0.137. The van der Waals surface area contributed by atoms with Gasteiger partial charge in [0.2, 0.25) is 0 Å². The molecule has 0 saturated carbocycles. The van der Waals surface area contributed by atoms with Crippen LogP contribution in [0.1, 0.15) is 23.3 Å². The van der Waals surface area contributed by atoms with E-state index in [-0.39, 0.29) is 35.7 Å². The highest BCUT2D eigenvalue weighted by molar-refractivity contribution is 7.91. The van der Waals surface area contributed by atoms with E-state index in [4.69, 9.17) is 5.11 Å². The Labute approximate surface area is 116 Å². The lowest BCUT2D eigenvalue weighted by atomic mass is 10.1. The van der Waals surface area contributed by atoms with E-state index in [1.807, 2.05) is 0 Å². The third-order valence-electron chi connectivity index (χ3n) is 3.26. The molecule has 1 amide bonds. The number of sulfone groups is 1. The lowest BCUT2D eigenvalue weighted by Gasteiger charge is -2.23. The minimum Gasteiger partial charge on any atom is -0.480 e. The maximum atomic E-state index is 12.1. The van der Waals surface area contributed by atoms with Crippen LogP contribution < -0.4 is 5.32 Å². The molecule has 2 rings (SSSR count). The van der Waals surface area contributed by atoms with Crippen LogP contribution >= 0.6 is 0 Å². The molecule has 1 aromatic rings. The van der Waals surface area contributed by atoms with Gasteiger partial charge in [0.25, 0.3) is 5.91 Å². The molecule has 20 heavy (non-hydrogen) atoms. The third kappa shape index (κ3) is 3.60. The van der Waals surface area contributed by atoms with Gasteiger partial charge in [-0.1, -0.05) is 0 Å². The summed E-state index contributed by atoms with van der Waals surface area (Å²) >= 11 is 0. The number of nitrogens with one attached hydrogen (secondary N) is 1. The van der Waals surface area contributed by atoms with Crippen LogP contribution in [0.2, 0.25) is 0 Å². The van der Waals surface area contributed by atoms with E-state index in [1.54, 1.807) is 6.07 Å². The monoisotopic (exact) mass is 300 g/mol. The number of hydrogen-bond acceptors (Lipinski definition) is 4. The number of rotatable bonds is 4. The number of nitrogens with zero attached hydrogens (tertiary/aromatic N) is 1. The summed E-state index contributed by atoms with van der Waals surface area (Å²) in [5, 5.41) is 11.5. The van der Waals surface area contributed by atoms with E-state index in [0.29, 0.717) is 12.8 Å². The first-order valence-electron chi connectivity index (χ1n) is 6.25. The first-order valence-corrected chi connectivity index (χ1v) is 8.08. The van der Waals surface area contributed by atoms with Gasteiger partial charge in [-0.05, 0) is 25.0 Å². The largest absolute Gasteiger partial charge is 0.480 e. The first kappa shape index (κ1) is 14.6. The molecule has 110 valence electrons. The smallest absolute Gasteiger partial charge is 0.323 e. The molecule has 8 heteroatoms. The normalized spacial score (nSPS) is 18.6. The van der Waals surface area contributed by atoms with Crippen molar-refractivity contribution in [1.29, 1.82) is 0 Å². The molecule has 0 bridgehead atoms. The average Bonchev–Trinajstić information content (AvgIpc) is 2.79. The molecule has 0 atom stereocenters. The second-order valence-corrected chi connectivity index (χ2v) is 7.12. The Balaban J connectivity index is 1.99. The van der Waals surface area contributed by atoms with Gasteiger partial charge < -0.3 is 15.0 Å². The van der Waals surface area contributed by atoms with Crippen LogP contribution in [0.25, 0.3) is 0 Å². The number of hydrogen-bond donors (Lipinski definition) is 2. The average molecular weight is 300 g/mol. The molecule has 7 nitrogen and oxygen atoms in total. The van der Waals surface area contributed by atoms with Crippen molar-refractivity contribution < 1.29 is 23.1 Å². The maximum Gasteiger partial charge on any atom is 0.323 e. The van der Waals surface area contributed by atoms with Crippen molar-refractivity contribution in [2.75, 3.05) is 11.5 Å². The second kappa shape index (κ2) is 5.66. The van der Waals surface area contributed by atoms with Crippen molar-refractivity contribution >= 4 is 21.7 Å². The van der Waals surface area contributed by atoms with E-state index < -0.39 is 15.8 Å². The number of aromatic nitrogens is 1. The highest BCUT2D eigenvalue weighted by Crippen LogP contribution is 2.13. The SMILES string of the molecule is O=C(O)Cn1cccc1C(=O)NC1CCS(=O)(=O)CC1. The van der Waals surface area contributed by atoms with Crippen molar-refractivity contribution in [2.24, 2.45) is 0 Å². The molecular weight excluding hydrogens is 284 g/mol. The first-order chi connectivity index (χ1) is 9.37. The summed E-state index contributed by atoms with van der Waals surface area (Å²) < 4.78 is 24.0. The fraction of sp³-hybridized carbons (Fsp3) is 0.500. The Morgan fingerprint density at radius 2 is 2.00 bits per heavy atom. The number of carboxylic acid groups (broad SMARTS) is 1. The predicted molar refractivity (Wildman–Crippen MR) is 71.2 cm³/mol. The molecule has 0 unspecified atom stereocenters. The van der Waals surface area contributed by atoms with Crippen molar-refractivity contribution in [2.45, 2.75) is 25.4 Å². The molecule has 2 heterocycles. The van der Waals surface area contributed by atoms with Crippen LogP contribution in [0.4, 0.5) is 0 Å². The number of carbonyl (C=O) groups excluding carboxylic acids is 1. The van der Waals surface area contributed by atoms with Crippen LogP contribution in [0.15, 0.2) is 18.3 Å². The van der Waals surface area contributed by atoms with Gasteiger partial charge >= 0.3 is 5.97 Å². The van der Waals surface area contributed by atoms with E-state index in [2.05, 4.69) is 5.32 Å². The Bertz CT molecular complexity index is 606. The summed E-state index contributed by atoms with van der Waals surface area (Å²) in [5.41, 5.74) is 0.265. The topological polar surface area (TPSA) is 105 Å². The molecule has 0 aliphatic carbocycles. The maximum absolute atomic E-state index is 12.1. The summed E-state index contributed by atoms with van der Waals surface area (Å²) in [6, 6.07) is 2.96. The van der Waals surface area contributed by atoms with Gasteiger partial charge in [0.15, 0.2) is 0 Å². The van der Waals surface area contributed by atoms with Crippen LogP contribution in [0.5, 0.6) is 0 Å². The van der Waals surface area contributed by atoms with E-state index in [1.165, 1.54) is 16.8 Å². The minimum atomic E-state index is -2.96. The van der Waals surface area contributed by atoms with Gasteiger partial charge in [0, 0.05) is 12.2 Å². The number of amides is 1. The highest BCUT2D eigenvalue weighted by Gasteiger charge is 2.25. The molecule has 2 N–H and O–H groups in total. The molecule has 0 aromatic carbocycles. The molecule has 1 saturated heterocycles. The van der Waals surface area contributed by atoms with Crippen LogP contribution in [0.3, 0.4) is 0 Å². The standard InChI is InChI=1S/C12H16N2O5S/c15-11(16)8-14-5-1-2-10(14)12(17)13-9-3-6-20(18,19)7-4-9/h1-2,5,9H,3-4,6-8H2,(H,13,17)(H,15,16). The second-order valence-electron chi connectivity index (χ2n) is 4.81. The highest BCUT2D eigenvalue weighted by atomic mass is 32.2. The Morgan fingerprint density at radius 1 is 1.35 bits per heavy atom. The van der Waals surface area contributed by atoms with E-state index in [9.17, 15) is 18.0 Å². The molecule has 1 fully saturated rings. The van der Waals surface area contributed by atoms with Gasteiger partial charge in [-0.15, -0.1) is 0 Å². The summed E-state index contributed by atoms with van der Waals surface area (Å²) in [6.45, 7) is -0.283. The van der Waals surface area contributed by atoms with Crippen molar-refractivity contribution in [3.63, 3.8) is 0 Å². The lowest BCUT2D eigenvalue weighted by Crippen LogP contribution is -2.41. The van der Waals surface area contributed by atoms with Crippen LogP contribution in [0, 0.1) is 0 Å². The molecule has 1 aliphatic rings. The Kier molecular flexibility index (Phi) is 4.12. The number of carbonyl (C=O) groups is 2. The Morgan fingerprint density at radius 3 is 2.60 bits per heavy atom. The third-order valence-corrected chi connectivity index (χ3v) is 4.97. The van der Waals surface area contributed by atoms with Gasteiger partial charge in [-0.3, -0.25) is 9.59 Å². The predicted octanol–water partition coefficient (Wildman–Crippen LogP) is -0.120. The zero-order valence-corrected chi connectivity index (χ0v) is 11.6. The molecule has 0 spiro atoms. The zero-order valence-electron chi connectivity index (χ0n) is 10.8. The quantitative estimate of drug-likeness (QED) is 0.806. The fourth-order valence-corrected chi connectivity index (χ4v) is 3.69. The van der Waals surface area contributed by atoms with E-state index in [0.717, 1.165) is 0 Å². The zero-order chi connectivity index (χ0) is 14.8. The van der Waals surface area contributed by atoms with Crippen molar-refractivity contribution in [1.82, 2.24) is 9.88 Å². The van der Waals surface area contributed by atoms with Gasteiger partial charge in [0.05, 0.1) is 11.5 Å². The van der Waals surface area contributed by atoms with Crippen LogP contribution in [-0.4, -0.2) is 47.5 Å². The van der Waals surface area contributed by atoms with Gasteiger partial charge in [-0.2, -0.15) is 0 Å². The summed E-state index contributed by atoms with van der Waals surface area (Å²) in [5.74, 6) is -1.25. The molecular formula is C12H16N2O5S. The summed E-state index contributed by atoms with van der Waals surface area (Å²) in [7, 11) is -2.96. The summed E-state index contributed by atoms with van der Waals surface area (Å²) in [6.07, 6.45) is 2.32. The van der Waals surface area contributed by atoms with Crippen molar-refractivity contribution in [3.8, 4) is 0 Å². The summed E-state index contributed by atoms with van der Waals surface area (Å²) in [4.78, 5) is 22.7. The van der Waals surface area contributed by atoms with Crippen molar-refractivity contribution in [3.05, 3.63) is 24.0 Å². The molecule has 1 aromatic heterocycles. The number of aliphatic carboxylic acids is 1. The minimum absolute atomic E-state index is 0.0775. The molecule has 1 aliphatic heterocycles. The van der Waals surface area contributed by atoms with Crippen LogP contribution in [-0.2, 0) is 21.2 Å². The fourth-order valence-electron chi connectivity index (χ4n) is 2.20. The Hall–Kier alpha value is -1.83. The van der Waals surface area contributed by atoms with Gasteiger partial charge in [0.1, 0.15) is 22.1 Å². The van der Waals surface area contributed by atoms with E-state index >= 15 is 0 Å².